The molecule has 106 valence electrons. The molecule has 1 aromatic carbocycles. The zero-order chi connectivity index (χ0) is 14.8. The molecule has 1 saturated heterocycles. The highest BCUT2D eigenvalue weighted by Gasteiger charge is 2.46. The number of hydrogen-bond acceptors (Lipinski definition) is 3. The van der Waals surface area contributed by atoms with Gasteiger partial charge >= 0.3 is 0 Å². The van der Waals surface area contributed by atoms with Crippen molar-refractivity contribution in [2.45, 2.75) is 45.3 Å². The van der Waals surface area contributed by atoms with E-state index in [2.05, 4.69) is 16.3 Å². The van der Waals surface area contributed by atoms with E-state index in [1.807, 2.05) is 39.0 Å². The molecule has 0 aliphatic carbocycles. The lowest BCUT2D eigenvalue weighted by molar-refractivity contribution is -0.142. The van der Waals surface area contributed by atoms with Gasteiger partial charge in [-0.25, -0.2) is 0 Å². The average molecular weight is 271 g/mol. The molecule has 4 heteroatoms. The van der Waals surface area contributed by atoms with Gasteiger partial charge < -0.3 is 5.32 Å². The summed E-state index contributed by atoms with van der Waals surface area (Å²) in [5.74, 6) is 0.0928. The Bertz CT molecular complexity index is 547. The minimum Gasteiger partial charge on any atom is -0.352 e. The summed E-state index contributed by atoms with van der Waals surface area (Å²) in [5, 5.41) is 11.9. The first-order chi connectivity index (χ1) is 9.45. The second kappa shape index (κ2) is 5.64. The average Bonchev–Trinajstić information content (AvgIpc) is 2.42. The maximum absolute atomic E-state index is 12.3. The van der Waals surface area contributed by atoms with Crippen LogP contribution in [0.2, 0.25) is 0 Å². The van der Waals surface area contributed by atoms with E-state index in [9.17, 15) is 4.79 Å². The first kappa shape index (κ1) is 14.5. The molecule has 0 bridgehead atoms. The van der Waals surface area contributed by atoms with E-state index < -0.39 is 5.54 Å². The van der Waals surface area contributed by atoms with Crippen LogP contribution in [0, 0.1) is 11.3 Å². The van der Waals surface area contributed by atoms with Crippen molar-refractivity contribution in [2.24, 2.45) is 0 Å². The molecule has 1 heterocycles. The lowest BCUT2D eigenvalue weighted by atomic mass is 9.84. The van der Waals surface area contributed by atoms with Gasteiger partial charge in [-0.3, -0.25) is 9.69 Å². The smallest absolute Gasteiger partial charge is 0.240 e. The third-order valence-corrected chi connectivity index (χ3v) is 3.90. The third-order valence-electron chi connectivity index (χ3n) is 3.90. The van der Waals surface area contributed by atoms with Crippen LogP contribution in [0.3, 0.4) is 0 Å². The summed E-state index contributed by atoms with van der Waals surface area (Å²) in [4.78, 5) is 14.4. The highest BCUT2D eigenvalue weighted by atomic mass is 16.2. The number of nitrogens with one attached hydrogen (secondary N) is 1. The number of nitrogens with zero attached hydrogens (tertiary/aromatic N) is 2. The summed E-state index contributed by atoms with van der Waals surface area (Å²) in [6.45, 7) is 7.56. The molecule has 1 aliphatic rings. The number of carbonyl (C=O) groups excluding carboxylic acids is 1. The van der Waals surface area contributed by atoms with E-state index in [4.69, 9.17) is 5.26 Å². The molecule has 1 amide bonds. The Balaban J connectivity index is 2.06. The molecule has 4 nitrogen and oxygen atoms in total. The lowest BCUT2D eigenvalue weighted by Crippen LogP contribution is -2.65. The maximum Gasteiger partial charge on any atom is 0.240 e. The Kier molecular flexibility index (Phi) is 4.10. The minimum atomic E-state index is -0.424. The number of amides is 1. The zero-order valence-corrected chi connectivity index (χ0v) is 12.3. The Morgan fingerprint density at radius 2 is 2.30 bits per heavy atom. The predicted molar refractivity (Wildman–Crippen MR) is 77.9 cm³/mol. The van der Waals surface area contributed by atoms with E-state index in [0.717, 1.165) is 18.5 Å². The predicted octanol–water partition coefficient (Wildman–Crippen LogP) is 2.05. The Labute approximate surface area is 120 Å². The summed E-state index contributed by atoms with van der Waals surface area (Å²) in [7, 11) is 0. The van der Waals surface area contributed by atoms with Crippen LogP contribution < -0.4 is 5.32 Å². The van der Waals surface area contributed by atoms with Gasteiger partial charge in [0.2, 0.25) is 5.91 Å². The number of benzene rings is 1. The monoisotopic (exact) mass is 271 g/mol. The van der Waals surface area contributed by atoms with Gasteiger partial charge in [0.25, 0.3) is 0 Å². The van der Waals surface area contributed by atoms with Crippen molar-refractivity contribution in [3.63, 3.8) is 0 Å². The van der Waals surface area contributed by atoms with Crippen molar-refractivity contribution in [1.29, 1.82) is 5.26 Å². The topological polar surface area (TPSA) is 56.1 Å². The van der Waals surface area contributed by atoms with Crippen LogP contribution in [0.25, 0.3) is 0 Å². The molecule has 20 heavy (non-hydrogen) atoms. The van der Waals surface area contributed by atoms with Gasteiger partial charge in [0.15, 0.2) is 0 Å². The van der Waals surface area contributed by atoms with Crippen LogP contribution in [0.15, 0.2) is 24.3 Å². The fraction of sp³-hybridized carbons (Fsp3) is 0.500. The van der Waals surface area contributed by atoms with Crippen molar-refractivity contribution in [2.75, 3.05) is 6.54 Å². The van der Waals surface area contributed by atoms with E-state index in [1.165, 1.54) is 0 Å². The number of nitriles is 1. The highest BCUT2D eigenvalue weighted by molar-refractivity contribution is 5.87. The van der Waals surface area contributed by atoms with Crippen molar-refractivity contribution in [1.82, 2.24) is 10.2 Å². The van der Waals surface area contributed by atoms with Crippen molar-refractivity contribution < 1.29 is 4.79 Å². The summed E-state index contributed by atoms with van der Waals surface area (Å²) >= 11 is 0. The molecule has 0 radical (unpaired) electrons. The molecule has 1 aliphatic heterocycles. The van der Waals surface area contributed by atoms with Crippen molar-refractivity contribution in [3.8, 4) is 6.07 Å². The first-order valence-electron chi connectivity index (χ1n) is 7.01. The summed E-state index contributed by atoms with van der Waals surface area (Å²) in [6, 6.07) is 9.88. The fourth-order valence-electron chi connectivity index (χ4n) is 2.49. The fourth-order valence-corrected chi connectivity index (χ4v) is 2.49. The molecule has 1 fully saturated rings. The van der Waals surface area contributed by atoms with Crippen molar-refractivity contribution in [3.05, 3.63) is 35.4 Å². The Hall–Kier alpha value is -1.86. The van der Waals surface area contributed by atoms with Crippen LogP contribution >= 0.6 is 0 Å². The number of likely N-dealkylation sites (tertiary alicyclic amines) is 1. The molecule has 0 saturated carbocycles. The van der Waals surface area contributed by atoms with E-state index >= 15 is 0 Å². The van der Waals surface area contributed by atoms with Gasteiger partial charge in [-0.1, -0.05) is 12.1 Å². The largest absolute Gasteiger partial charge is 0.352 e. The molecule has 1 atom stereocenters. The van der Waals surface area contributed by atoms with Gasteiger partial charge in [0.05, 0.1) is 17.2 Å². The van der Waals surface area contributed by atoms with E-state index in [0.29, 0.717) is 12.1 Å². The normalized spacial score (nSPS) is 22.1. The summed E-state index contributed by atoms with van der Waals surface area (Å²) in [5.41, 5.74) is 1.32. The van der Waals surface area contributed by atoms with Gasteiger partial charge in [-0.2, -0.15) is 5.26 Å². The quantitative estimate of drug-likeness (QED) is 0.912. The van der Waals surface area contributed by atoms with Gasteiger partial charge in [-0.15, -0.1) is 0 Å². The maximum atomic E-state index is 12.3. The lowest BCUT2D eigenvalue weighted by Gasteiger charge is -2.49. The van der Waals surface area contributed by atoms with Crippen molar-refractivity contribution >= 4 is 5.91 Å². The Morgan fingerprint density at radius 3 is 2.85 bits per heavy atom. The number of carbonyl (C=O) groups is 1. The molecule has 1 aromatic rings. The first-order valence-corrected chi connectivity index (χ1v) is 7.01. The van der Waals surface area contributed by atoms with Gasteiger partial charge in [0.1, 0.15) is 0 Å². The second-order valence-electron chi connectivity index (χ2n) is 5.89. The van der Waals surface area contributed by atoms with Gasteiger partial charge in [-0.05, 0) is 44.9 Å². The molecule has 1 N–H and O–H groups in total. The summed E-state index contributed by atoms with van der Waals surface area (Å²) < 4.78 is 0. The van der Waals surface area contributed by atoms with Crippen LogP contribution in [0.4, 0.5) is 0 Å². The third kappa shape index (κ3) is 2.83. The van der Waals surface area contributed by atoms with Crippen LogP contribution in [-0.2, 0) is 11.3 Å². The minimum absolute atomic E-state index is 0.0928. The molecule has 0 aromatic heterocycles. The number of hydrogen-bond donors (Lipinski definition) is 1. The van der Waals surface area contributed by atoms with E-state index in [-0.39, 0.29) is 11.9 Å². The standard InChI is InChI=1S/C16H21N3O/c1-12(2)18-15(20)16(3)7-8-19(16)11-14-6-4-5-13(9-14)10-17/h4-6,9,12H,7-8,11H2,1-3H3,(H,18,20). The van der Waals surface area contributed by atoms with Gasteiger partial charge in [0, 0.05) is 19.1 Å². The SMILES string of the molecule is CC(C)NC(=O)C1(C)CCN1Cc1cccc(C#N)c1. The molecule has 1 unspecified atom stereocenters. The highest BCUT2D eigenvalue weighted by Crippen LogP contribution is 2.32. The molecular formula is C16H21N3O. The summed E-state index contributed by atoms with van der Waals surface area (Å²) in [6.07, 6.45) is 0.878. The zero-order valence-electron chi connectivity index (χ0n) is 12.3. The number of rotatable bonds is 4. The Morgan fingerprint density at radius 1 is 1.55 bits per heavy atom. The van der Waals surface area contributed by atoms with E-state index in [1.54, 1.807) is 6.07 Å². The molecule has 2 rings (SSSR count). The molecule has 0 spiro atoms. The van der Waals surface area contributed by atoms with Crippen LogP contribution in [0.1, 0.15) is 38.3 Å². The van der Waals surface area contributed by atoms with Crippen LogP contribution in [0.5, 0.6) is 0 Å². The van der Waals surface area contributed by atoms with Crippen LogP contribution in [-0.4, -0.2) is 28.9 Å². The second-order valence-corrected chi connectivity index (χ2v) is 5.89. The molecular weight excluding hydrogens is 250 g/mol.